The SMILES string of the molecule is COCC(=O)Nc1ccc(N2C(=S)N[C@@H](c3ccccn3)[C@H]2c2ccc(-c3ccc(Cl)cc3)o2)cc1. The molecule has 5 rings (SSSR count). The van der Waals surface area contributed by atoms with Crippen LogP contribution >= 0.6 is 23.8 Å². The number of hydrogen-bond donors (Lipinski definition) is 2. The molecule has 2 atom stereocenters. The zero-order valence-electron chi connectivity index (χ0n) is 19.4. The van der Waals surface area contributed by atoms with E-state index in [1.807, 2.05) is 83.8 Å². The first-order chi connectivity index (χ1) is 17.5. The highest BCUT2D eigenvalue weighted by molar-refractivity contribution is 7.80. The summed E-state index contributed by atoms with van der Waals surface area (Å²) in [5, 5.41) is 7.44. The highest BCUT2D eigenvalue weighted by Crippen LogP contribution is 2.43. The molecule has 0 aliphatic carbocycles. The molecule has 0 saturated carbocycles. The number of carbonyl (C=O) groups excluding carboxylic acids is 1. The number of rotatable bonds is 7. The van der Waals surface area contributed by atoms with Crippen LogP contribution in [0.15, 0.2) is 89.5 Å². The first-order valence-electron chi connectivity index (χ1n) is 11.3. The normalized spacial score (nSPS) is 17.2. The fourth-order valence-electron chi connectivity index (χ4n) is 4.24. The second-order valence-corrected chi connectivity index (χ2v) is 9.06. The number of amides is 1. The number of nitrogens with zero attached hydrogens (tertiary/aromatic N) is 2. The Hall–Kier alpha value is -3.72. The van der Waals surface area contributed by atoms with Crippen molar-refractivity contribution in [2.45, 2.75) is 12.1 Å². The van der Waals surface area contributed by atoms with Crippen LogP contribution in [0.4, 0.5) is 11.4 Å². The van der Waals surface area contributed by atoms with Gasteiger partial charge >= 0.3 is 0 Å². The lowest BCUT2D eigenvalue weighted by molar-refractivity contribution is -0.119. The quantitative estimate of drug-likeness (QED) is 0.301. The molecule has 0 spiro atoms. The third-order valence-corrected chi connectivity index (χ3v) is 6.42. The number of methoxy groups -OCH3 is 1. The van der Waals surface area contributed by atoms with Gasteiger partial charge in [-0.15, -0.1) is 0 Å². The summed E-state index contributed by atoms with van der Waals surface area (Å²) in [6.07, 6.45) is 1.76. The summed E-state index contributed by atoms with van der Waals surface area (Å²) in [6.45, 7) is -0.00976. The van der Waals surface area contributed by atoms with Crippen LogP contribution in [0.25, 0.3) is 11.3 Å². The lowest BCUT2D eigenvalue weighted by Crippen LogP contribution is -2.29. The van der Waals surface area contributed by atoms with Crippen molar-refractivity contribution >= 4 is 46.2 Å². The van der Waals surface area contributed by atoms with Crippen molar-refractivity contribution in [3.05, 3.63) is 102 Å². The van der Waals surface area contributed by atoms with Crippen molar-refractivity contribution in [1.29, 1.82) is 0 Å². The molecule has 182 valence electrons. The molecule has 2 N–H and O–H groups in total. The van der Waals surface area contributed by atoms with Crippen molar-refractivity contribution in [1.82, 2.24) is 10.3 Å². The lowest BCUT2D eigenvalue weighted by atomic mass is 10.0. The van der Waals surface area contributed by atoms with E-state index < -0.39 is 0 Å². The third kappa shape index (κ3) is 4.97. The number of furan rings is 1. The standard InChI is InChI=1S/C27H23ClN4O3S/c1-34-16-24(33)30-19-9-11-20(12-10-19)32-26(25(31-27(32)36)21-4-2-3-15-29-21)23-14-13-22(35-23)17-5-7-18(28)8-6-17/h2-15,25-26H,16H2,1H3,(H,30,33)(H,31,36)/t25-,26+/m0/s1. The predicted octanol–water partition coefficient (Wildman–Crippen LogP) is 5.76. The van der Waals surface area contributed by atoms with Gasteiger partial charge in [-0.1, -0.05) is 17.7 Å². The second-order valence-electron chi connectivity index (χ2n) is 8.23. The summed E-state index contributed by atoms with van der Waals surface area (Å²) in [4.78, 5) is 18.5. The third-order valence-electron chi connectivity index (χ3n) is 5.85. The minimum absolute atomic E-state index is 0.00976. The van der Waals surface area contributed by atoms with Gasteiger partial charge in [-0.2, -0.15) is 0 Å². The van der Waals surface area contributed by atoms with Crippen molar-refractivity contribution in [2.24, 2.45) is 0 Å². The Morgan fingerprint density at radius 2 is 1.89 bits per heavy atom. The van der Waals surface area contributed by atoms with Gasteiger partial charge < -0.3 is 24.7 Å². The minimum Gasteiger partial charge on any atom is -0.459 e. The summed E-state index contributed by atoms with van der Waals surface area (Å²) in [5.74, 6) is 1.25. The molecule has 2 aromatic carbocycles. The average Bonchev–Trinajstić information content (AvgIpc) is 3.50. The van der Waals surface area contributed by atoms with Gasteiger partial charge in [-0.25, -0.2) is 0 Å². The molecule has 1 aliphatic rings. The van der Waals surface area contributed by atoms with E-state index in [2.05, 4.69) is 15.6 Å². The molecule has 0 radical (unpaired) electrons. The Balaban J connectivity index is 1.50. The number of benzene rings is 2. The van der Waals surface area contributed by atoms with E-state index in [0.29, 0.717) is 15.8 Å². The molecule has 4 aromatic rings. The molecule has 2 aromatic heterocycles. The Morgan fingerprint density at radius 3 is 2.58 bits per heavy atom. The van der Waals surface area contributed by atoms with Crippen molar-refractivity contribution in [3.8, 4) is 11.3 Å². The molecule has 3 heterocycles. The number of hydrogen-bond acceptors (Lipinski definition) is 5. The fraction of sp³-hybridized carbons (Fsp3) is 0.148. The molecule has 1 saturated heterocycles. The van der Waals surface area contributed by atoms with Crippen LogP contribution in [-0.4, -0.2) is 29.7 Å². The first kappa shape index (κ1) is 24.0. The van der Waals surface area contributed by atoms with Crippen LogP contribution in [0.3, 0.4) is 0 Å². The monoisotopic (exact) mass is 518 g/mol. The number of pyridine rings is 1. The second kappa shape index (κ2) is 10.5. The number of ether oxygens (including phenoxy) is 1. The van der Waals surface area contributed by atoms with E-state index in [9.17, 15) is 4.79 Å². The van der Waals surface area contributed by atoms with Gasteiger partial charge in [0, 0.05) is 35.3 Å². The number of halogens is 1. The average molecular weight is 519 g/mol. The van der Waals surface area contributed by atoms with Crippen LogP contribution in [0, 0.1) is 0 Å². The largest absolute Gasteiger partial charge is 0.459 e. The van der Waals surface area contributed by atoms with Crippen LogP contribution in [0.1, 0.15) is 23.5 Å². The Kier molecular flexibility index (Phi) is 6.99. The van der Waals surface area contributed by atoms with Gasteiger partial charge in [0.15, 0.2) is 5.11 Å². The predicted molar refractivity (Wildman–Crippen MR) is 144 cm³/mol. The molecule has 0 unspecified atom stereocenters. The van der Waals surface area contributed by atoms with E-state index in [1.54, 1.807) is 6.20 Å². The number of thiocarbonyl (C=S) groups is 1. The number of nitrogens with one attached hydrogen (secondary N) is 2. The molecule has 1 aliphatic heterocycles. The van der Waals surface area contributed by atoms with E-state index in [4.69, 9.17) is 33.0 Å². The molecular weight excluding hydrogens is 496 g/mol. The highest BCUT2D eigenvalue weighted by atomic mass is 35.5. The van der Waals surface area contributed by atoms with Crippen molar-refractivity contribution in [2.75, 3.05) is 23.9 Å². The van der Waals surface area contributed by atoms with Gasteiger partial charge in [0.25, 0.3) is 0 Å². The molecule has 0 bridgehead atoms. The number of carbonyl (C=O) groups is 1. The lowest BCUT2D eigenvalue weighted by Gasteiger charge is -2.26. The zero-order valence-corrected chi connectivity index (χ0v) is 20.9. The molecule has 1 fully saturated rings. The van der Waals surface area contributed by atoms with Crippen LogP contribution in [0.2, 0.25) is 5.02 Å². The summed E-state index contributed by atoms with van der Waals surface area (Å²) < 4.78 is 11.2. The van der Waals surface area contributed by atoms with Gasteiger partial charge in [0.05, 0.1) is 11.7 Å². The van der Waals surface area contributed by atoms with Crippen LogP contribution in [-0.2, 0) is 9.53 Å². The maximum Gasteiger partial charge on any atom is 0.250 e. The Bertz CT molecular complexity index is 1360. The minimum atomic E-state index is -0.289. The van der Waals surface area contributed by atoms with E-state index in [-0.39, 0.29) is 24.6 Å². The van der Waals surface area contributed by atoms with Gasteiger partial charge in [-0.05, 0) is 85.0 Å². The van der Waals surface area contributed by atoms with Crippen LogP contribution < -0.4 is 15.5 Å². The molecule has 1 amide bonds. The summed E-state index contributed by atoms with van der Waals surface area (Å²) in [6, 6.07) is 24.2. The number of aromatic nitrogens is 1. The van der Waals surface area contributed by atoms with Crippen molar-refractivity contribution in [3.63, 3.8) is 0 Å². The number of anilines is 2. The zero-order chi connectivity index (χ0) is 25.1. The van der Waals surface area contributed by atoms with Gasteiger partial charge in [0.1, 0.15) is 24.2 Å². The topological polar surface area (TPSA) is 79.6 Å². The van der Waals surface area contributed by atoms with E-state index in [1.165, 1.54) is 7.11 Å². The maximum atomic E-state index is 11.9. The molecule has 9 heteroatoms. The summed E-state index contributed by atoms with van der Waals surface area (Å²) in [5.41, 5.74) is 3.29. The summed E-state index contributed by atoms with van der Waals surface area (Å²) >= 11 is 11.8. The van der Waals surface area contributed by atoms with Gasteiger partial charge in [-0.3, -0.25) is 9.78 Å². The fourth-order valence-corrected chi connectivity index (χ4v) is 4.71. The highest BCUT2D eigenvalue weighted by Gasteiger charge is 2.42. The molecular formula is C27H23ClN4O3S. The first-order valence-corrected chi connectivity index (χ1v) is 12.1. The van der Waals surface area contributed by atoms with E-state index >= 15 is 0 Å². The van der Waals surface area contributed by atoms with Crippen molar-refractivity contribution < 1.29 is 13.9 Å². The molecule has 7 nitrogen and oxygen atoms in total. The van der Waals surface area contributed by atoms with Gasteiger partial charge in [0.2, 0.25) is 5.91 Å². The molecule has 36 heavy (non-hydrogen) atoms. The van der Waals surface area contributed by atoms with E-state index in [0.717, 1.165) is 28.5 Å². The maximum absolute atomic E-state index is 11.9. The smallest absolute Gasteiger partial charge is 0.250 e. The Labute approximate surface area is 219 Å². The summed E-state index contributed by atoms with van der Waals surface area (Å²) in [7, 11) is 1.48. The Morgan fingerprint density at radius 1 is 1.11 bits per heavy atom. The van der Waals surface area contributed by atoms with Crippen LogP contribution in [0.5, 0.6) is 0 Å².